The number of hydrogen-bond donors (Lipinski definition) is 2. The topological polar surface area (TPSA) is 84.9 Å². The first kappa shape index (κ1) is 11.1. The molecular formula is C14H12N6. The average Bonchev–Trinajstić information content (AvgIpc) is 3.10. The summed E-state index contributed by atoms with van der Waals surface area (Å²) in [4.78, 5) is 7.56. The van der Waals surface area contributed by atoms with Gasteiger partial charge in [0, 0.05) is 35.6 Å². The van der Waals surface area contributed by atoms with Crippen molar-refractivity contribution in [2.75, 3.05) is 0 Å². The Balaban J connectivity index is 2.04. The fourth-order valence-electron chi connectivity index (χ4n) is 2.47. The number of aromatic nitrogens is 5. The highest BCUT2D eigenvalue weighted by Gasteiger charge is 2.12. The van der Waals surface area contributed by atoms with E-state index >= 15 is 0 Å². The zero-order valence-electron chi connectivity index (χ0n) is 10.6. The second kappa shape index (κ2) is 4.14. The molecule has 6 nitrogen and oxygen atoms in total. The van der Waals surface area contributed by atoms with Crippen molar-refractivity contribution in [3.63, 3.8) is 0 Å². The zero-order chi connectivity index (χ0) is 13.5. The van der Waals surface area contributed by atoms with Crippen LogP contribution in [-0.4, -0.2) is 24.8 Å². The van der Waals surface area contributed by atoms with Crippen LogP contribution >= 0.6 is 0 Å². The Labute approximate surface area is 114 Å². The monoisotopic (exact) mass is 264 g/mol. The molecule has 98 valence electrons. The summed E-state index contributed by atoms with van der Waals surface area (Å²) >= 11 is 0. The SMILES string of the molecule is NCc1cc2c(-c3cnn4ncccc34)ccnc2[nH]1. The predicted molar refractivity (Wildman–Crippen MR) is 76.0 cm³/mol. The van der Waals surface area contributed by atoms with E-state index in [1.807, 2.05) is 30.5 Å². The highest BCUT2D eigenvalue weighted by molar-refractivity contribution is 5.97. The Morgan fingerprint density at radius 2 is 2.10 bits per heavy atom. The van der Waals surface area contributed by atoms with Crippen LogP contribution in [0.25, 0.3) is 27.7 Å². The molecule has 0 bridgehead atoms. The highest BCUT2D eigenvalue weighted by atomic mass is 15.4. The van der Waals surface area contributed by atoms with Crippen LogP contribution in [0.2, 0.25) is 0 Å². The van der Waals surface area contributed by atoms with Gasteiger partial charge in [0.05, 0.1) is 11.7 Å². The minimum atomic E-state index is 0.464. The molecule has 0 saturated heterocycles. The molecule has 0 aliphatic carbocycles. The Kier molecular flexibility index (Phi) is 2.30. The highest BCUT2D eigenvalue weighted by Crippen LogP contribution is 2.30. The summed E-state index contributed by atoms with van der Waals surface area (Å²) < 4.78 is 1.62. The summed E-state index contributed by atoms with van der Waals surface area (Å²) in [6.45, 7) is 0.464. The number of H-pyrrole nitrogens is 1. The largest absolute Gasteiger partial charge is 0.342 e. The second-order valence-corrected chi connectivity index (χ2v) is 4.58. The predicted octanol–water partition coefficient (Wildman–Crippen LogP) is 1.73. The molecule has 0 aliphatic heterocycles. The average molecular weight is 264 g/mol. The van der Waals surface area contributed by atoms with E-state index in [4.69, 9.17) is 5.73 Å². The number of nitrogens with two attached hydrogens (primary N) is 1. The zero-order valence-corrected chi connectivity index (χ0v) is 10.6. The number of aromatic amines is 1. The van der Waals surface area contributed by atoms with Crippen molar-refractivity contribution in [1.82, 2.24) is 24.8 Å². The lowest BCUT2D eigenvalue weighted by Crippen LogP contribution is -1.95. The quantitative estimate of drug-likeness (QED) is 0.577. The molecule has 0 amide bonds. The van der Waals surface area contributed by atoms with E-state index in [0.717, 1.165) is 33.4 Å². The first-order valence-corrected chi connectivity index (χ1v) is 6.33. The molecule has 0 spiro atoms. The fourth-order valence-corrected chi connectivity index (χ4v) is 2.47. The standard InChI is InChI=1S/C14H12N6/c15-7-9-6-11-10(3-5-16-14(11)19-9)12-8-18-20-13(12)2-1-4-17-20/h1-6,8H,7,15H2,(H,16,19). The molecule has 4 aromatic rings. The van der Waals surface area contributed by atoms with Crippen molar-refractivity contribution >= 4 is 16.6 Å². The van der Waals surface area contributed by atoms with Gasteiger partial charge in [0.25, 0.3) is 0 Å². The first-order valence-electron chi connectivity index (χ1n) is 6.33. The van der Waals surface area contributed by atoms with Crippen LogP contribution in [0.4, 0.5) is 0 Å². The molecule has 20 heavy (non-hydrogen) atoms. The first-order chi connectivity index (χ1) is 9.86. The van der Waals surface area contributed by atoms with Crippen molar-refractivity contribution in [2.24, 2.45) is 5.73 Å². The van der Waals surface area contributed by atoms with Crippen LogP contribution in [0, 0.1) is 0 Å². The van der Waals surface area contributed by atoms with Gasteiger partial charge in [-0.2, -0.15) is 14.8 Å². The van der Waals surface area contributed by atoms with Gasteiger partial charge in [-0.15, -0.1) is 0 Å². The van der Waals surface area contributed by atoms with Crippen LogP contribution in [0.15, 0.2) is 42.9 Å². The van der Waals surface area contributed by atoms with Crippen LogP contribution in [-0.2, 0) is 6.54 Å². The number of nitrogens with one attached hydrogen (secondary N) is 1. The van der Waals surface area contributed by atoms with E-state index in [9.17, 15) is 0 Å². The second-order valence-electron chi connectivity index (χ2n) is 4.58. The van der Waals surface area contributed by atoms with Crippen molar-refractivity contribution in [3.05, 3.63) is 48.5 Å². The lowest BCUT2D eigenvalue weighted by atomic mass is 10.1. The summed E-state index contributed by atoms with van der Waals surface area (Å²) in [5.41, 5.74) is 10.6. The molecule has 0 saturated carbocycles. The number of pyridine rings is 1. The summed E-state index contributed by atoms with van der Waals surface area (Å²) in [6, 6.07) is 7.93. The van der Waals surface area contributed by atoms with E-state index in [1.165, 1.54) is 0 Å². The van der Waals surface area contributed by atoms with Crippen molar-refractivity contribution < 1.29 is 0 Å². The Morgan fingerprint density at radius 1 is 1.15 bits per heavy atom. The van der Waals surface area contributed by atoms with Crippen LogP contribution < -0.4 is 5.73 Å². The van der Waals surface area contributed by atoms with Crippen LogP contribution in [0.5, 0.6) is 0 Å². The van der Waals surface area contributed by atoms with Gasteiger partial charge in [-0.1, -0.05) is 0 Å². The number of hydrogen-bond acceptors (Lipinski definition) is 4. The normalized spacial score (nSPS) is 11.4. The summed E-state index contributed by atoms with van der Waals surface area (Å²) in [6.07, 6.45) is 5.33. The molecule has 4 aromatic heterocycles. The summed E-state index contributed by atoms with van der Waals surface area (Å²) in [5, 5.41) is 9.52. The maximum Gasteiger partial charge on any atom is 0.138 e. The minimum absolute atomic E-state index is 0.464. The third-order valence-electron chi connectivity index (χ3n) is 3.40. The van der Waals surface area contributed by atoms with Crippen molar-refractivity contribution in [3.8, 4) is 11.1 Å². The molecule has 3 N–H and O–H groups in total. The van der Waals surface area contributed by atoms with E-state index in [2.05, 4.69) is 20.2 Å². The van der Waals surface area contributed by atoms with E-state index in [1.54, 1.807) is 17.0 Å². The lowest BCUT2D eigenvalue weighted by molar-refractivity contribution is 0.800. The third-order valence-corrected chi connectivity index (χ3v) is 3.40. The summed E-state index contributed by atoms with van der Waals surface area (Å²) in [7, 11) is 0. The van der Waals surface area contributed by atoms with Crippen molar-refractivity contribution in [1.29, 1.82) is 0 Å². The van der Waals surface area contributed by atoms with Gasteiger partial charge in [0.2, 0.25) is 0 Å². The molecule has 0 aromatic carbocycles. The van der Waals surface area contributed by atoms with Crippen LogP contribution in [0.1, 0.15) is 5.69 Å². The number of rotatable bonds is 2. The molecule has 4 rings (SSSR count). The van der Waals surface area contributed by atoms with E-state index in [0.29, 0.717) is 6.54 Å². The molecule has 0 atom stereocenters. The summed E-state index contributed by atoms with van der Waals surface area (Å²) in [5.74, 6) is 0. The van der Waals surface area contributed by atoms with Gasteiger partial charge >= 0.3 is 0 Å². The number of fused-ring (bicyclic) bond motifs is 2. The molecule has 0 fully saturated rings. The minimum Gasteiger partial charge on any atom is -0.342 e. The van der Waals surface area contributed by atoms with Gasteiger partial charge in [-0.3, -0.25) is 0 Å². The lowest BCUT2D eigenvalue weighted by Gasteiger charge is -2.00. The van der Waals surface area contributed by atoms with Gasteiger partial charge in [-0.25, -0.2) is 4.98 Å². The smallest absolute Gasteiger partial charge is 0.138 e. The molecule has 4 heterocycles. The third kappa shape index (κ3) is 1.52. The van der Waals surface area contributed by atoms with Crippen molar-refractivity contribution in [2.45, 2.75) is 6.54 Å². The van der Waals surface area contributed by atoms with Crippen LogP contribution in [0.3, 0.4) is 0 Å². The maximum absolute atomic E-state index is 5.69. The number of nitrogens with zero attached hydrogens (tertiary/aromatic N) is 4. The maximum atomic E-state index is 5.69. The molecule has 0 aliphatic rings. The van der Waals surface area contributed by atoms with Gasteiger partial charge in [0.15, 0.2) is 0 Å². The Bertz CT molecular complexity index is 904. The molecule has 0 unspecified atom stereocenters. The van der Waals surface area contributed by atoms with Gasteiger partial charge < -0.3 is 10.7 Å². The molecule has 0 radical (unpaired) electrons. The Morgan fingerprint density at radius 3 is 3.00 bits per heavy atom. The van der Waals surface area contributed by atoms with Gasteiger partial charge in [0.1, 0.15) is 5.65 Å². The van der Waals surface area contributed by atoms with E-state index in [-0.39, 0.29) is 0 Å². The van der Waals surface area contributed by atoms with E-state index < -0.39 is 0 Å². The Hall–Kier alpha value is -2.73. The van der Waals surface area contributed by atoms with Gasteiger partial charge in [-0.05, 0) is 29.8 Å². The molecular weight excluding hydrogens is 252 g/mol. The fraction of sp³-hybridized carbons (Fsp3) is 0.0714. The molecule has 6 heteroatoms.